The lowest BCUT2D eigenvalue weighted by Gasteiger charge is -2.58. The van der Waals surface area contributed by atoms with Gasteiger partial charge in [-0.3, -0.25) is 14.4 Å². The molecule has 146 valence electrons. The fourth-order valence-corrected chi connectivity index (χ4v) is 5.60. The predicted octanol–water partition coefficient (Wildman–Crippen LogP) is 4.70. The average molecular weight is 370 g/mol. The summed E-state index contributed by atoms with van der Waals surface area (Å²) in [5, 5.41) is 0. The second-order valence-electron chi connectivity index (χ2n) is 9.02. The van der Waals surface area contributed by atoms with Crippen molar-refractivity contribution < 1.29 is 19.1 Å². The van der Waals surface area contributed by atoms with Crippen LogP contribution in [0.5, 0.6) is 0 Å². The molecular formula is C23H30O4. The van der Waals surface area contributed by atoms with E-state index in [0.29, 0.717) is 23.8 Å². The first-order valence-corrected chi connectivity index (χ1v) is 9.95. The zero-order valence-corrected chi connectivity index (χ0v) is 17.1. The van der Waals surface area contributed by atoms with Crippen molar-refractivity contribution in [2.45, 2.75) is 66.7 Å². The lowest BCUT2D eigenvalue weighted by atomic mass is 9.46. The van der Waals surface area contributed by atoms with Gasteiger partial charge in [0, 0.05) is 12.5 Å². The summed E-state index contributed by atoms with van der Waals surface area (Å²) in [6, 6.07) is 0. The maximum Gasteiger partial charge on any atom is 0.308 e. The molecule has 0 saturated heterocycles. The first kappa shape index (κ1) is 19.8. The number of rotatable bonds is 3. The quantitative estimate of drug-likeness (QED) is 0.410. The van der Waals surface area contributed by atoms with Crippen LogP contribution in [0.3, 0.4) is 0 Å². The number of ether oxygens (including phenoxy) is 1. The van der Waals surface area contributed by atoms with Gasteiger partial charge in [0.25, 0.3) is 0 Å². The molecule has 4 atom stereocenters. The minimum Gasteiger partial charge on any atom is -0.422 e. The van der Waals surface area contributed by atoms with Gasteiger partial charge in [0.15, 0.2) is 11.5 Å². The summed E-state index contributed by atoms with van der Waals surface area (Å²) in [5.74, 6) is -0.398. The first-order valence-electron chi connectivity index (χ1n) is 9.95. The Balaban J connectivity index is 2.05. The van der Waals surface area contributed by atoms with Gasteiger partial charge in [-0.2, -0.15) is 0 Å². The average Bonchev–Trinajstić information content (AvgIpc) is 2.60. The van der Waals surface area contributed by atoms with E-state index in [1.54, 1.807) is 0 Å². The van der Waals surface area contributed by atoms with Crippen LogP contribution in [0, 0.1) is 22.7 Å². The van der Waals surface area contributed by atoms with E-state index in [1.807, 2.05) is 0 Å². The highest BCUT2D eigenvalue weighted by Gasteiger charge is 2.54. The lowest BCUT2D eigenvalue weighted by Crippen LogP contribution is -2.50. The van der Waals surface area contributed by atoms with Crippen LogP contribution in [-0.2, 0) is 19.1 Å². The maximum atomic E-state index is 12.7. The molecule has 1 fully saturated rings. The van der Waals surface area contributed by atoms with Crippen molar-refractivity contribution in [3.8, 4) is 0 Å². The Kier molecular flexibility index (Phi) is 5.04. The molecule has 0 aromatic heterocycles. The molecule has 1 saturated carbocycles. The molecule has 0 N–H and O–H groups in total. The first-order chi connectivity index (χ1) is 12.6. The number of hydrogen-bond donors (Lipinski definition) is 0. The van der Waals surface area contributed by atoms with Gasteiger partial charge >= 0.3 is 5.97 Å². The number of carbonyl (C=O) groups is 3. The van der Waals surface area contributed by atoms with Crippen molar-refractivity contribution in [2.24, 2.45) is 22.7 Å². The van der Waals surface area contributed by atoms with E-state index < -0.39 is 11.8 Å². The van der Waals surface area contributed by atoms with Crippen LogP contribution in [0.1, 0.15) is 66.7 Å². The van der Waals surface area contributed by atoms with Crippen LogP contribution in [0.4, 0.5) is 0 Å². The van der Waals surface area contributed by atoms with Crippen LogP contribution in [0.15, 0.2) is 35.1 Å². The predicted molar refractivity (Wildman–Crippen MR) is 104 cm³/mol. The monoisotopic (exact) mass is 370 g/mol. The number of esters is 1. The van der Waals surface area contributed by atoms with E-state index in [9.17, 15) is 14.4 Å². The van der Waals surface area contributed by atoms with Crippen LogP contribution < -0.4 is 0 Å². The van der Waals surface area contributed by atoms with Crippen LogP contribution in [-0.4, -0.2) is 17.5 Å². The van der Waals surface area contributed by atoms with E-state index in [1.165, 1.54) is 24.6 Å². The number of fused-ring (bicyclic) bond motifs is 1. The Labute approximate surface area is 161 Å². The lowest BCUT2D eigenvalue weighted by molar-refractivity contribution is -0.140. The third-order valence-electron chi connectivity index (χ3n) is 7.58. The van der Waals surface area contributed by atoms with Crippen molar-refractivity contribution in [3.63, 3.8) is 0 Å². The molecule has 4 heteroatoms. The minimum atomic E-state index is -0.568. The number of hydrogen-bond acceptors (Lipinski definition) is 4. The van der Waals surface area contributed by atoms with Crippen LogP contribution >= 0.6 is 0 Å². The minimum absolute atomic E-state index is 0.0706. The topological polar surface area (TPSA) is 60.4 Å². The van der Waals surface area contributed by atoms with Crippen molar-refractivity contribution in [3.05, 3.63) is 35.1 Å². The highest BCUT2D eigenvalue weighted by atomic mass is 16.5. The summed E-state index contributed by atoms with van der Waals surface area (Å²) >= 11 is 0. The Bertz CT molecular complexity index is 784. The number of ketones is 2. The summed E-state index contributed by atoms with van der Waals surface area (Å²) in [5.41, 5.74) is 1.80. The number of allylic oxidation sites excluding steroid dienone is 5. The smallest absolute Gasteiger partial charge is 0.308 e. The molecule has 0 amide bonds. The molecular weight excluding hydrogens is 340 g/mol. The molecule has 0 heterocycles. The Hall–Kier alpha value is -1.97. The summed E-state index contributed by atoms with van der Waals surface area (Å²) < 4.78 is 5.20. The summed E-state index contributed by atoms with van der Waals surface area (Å²) in [6.07, 6.45) is 9.72. The van der Waals surface area contributed by atoms with Gasteiger partial charge in [0.05, 0.1) is 0 Å². The van der Waals surface area contributed by atoms with E-state index in [-0.39, 0.29) is 22.4 Å². The molecule has 4 nitrogen and oxygen atoms in total. The molecule has 0 aliphatic heterocycles. The second-order valence-corrected chi connectivity index (χ2v) is 9.02. The molecule has 0 radical (unpaired) electrons. The third kappa shape index (κ3) is 3.24. The molecule has 3 rings (SSSR count). The summed E-state index contributed by atoms with van der Waals surface area (Å²) in [6.45, 7) is 10.3. The zero-order chi connectivity index (χ0) is 20.0. The second kappa shape index (κ2) is 6.88. The third-order valence-corrected chi connectivity index (χ3v) is 7.58. The largest absolute Gasteiger partial charge is 0.422 e. The summed E-state index contributed by atoms with van der Waals surface area (Å²) in [4.78, 5) is 36.5. The maximum absolute atomic E-state index is 12.7. The Morgan fingerprint density at radius 2 is 1.85 bits per heavy atom. The van der Waals surface area contributed by atoms with Gasteiger partial charge in [-0.05, 0) is 73.8 Å². The van der Waals surface area contributed by atoms with Gasteiger partial charge in [-0.25, -0.2) is 0 Å². The van der Waals surface area contributed by atoms with Gasteiger partial charge < -0.3 is 4.74 Å². The van der Waals surface area contributed by atoms with E-state index >= 15 is 0 Å². The van der Waals surface area contributed by atoms with E-state index in [4.69, 9.17) is 4.74 Å². The number of carbonyl (C=O) groups excluding carboxylic acids is 3. The molecule has 0 unspecified atom stereocenters. The molecule has 0 aromatic carbocycles. The molecule has 0 bridgehead atoms. The fourth-order valence-electron chi connectivity index (χ4n) is 5.60. The molecule has 0 spiro atoms. The molecule has 3 aliphatic carbocycles. The Morgan fingerprint density at radius 3 is 2.52 bits per heavy atom. The van der Waals surface area contributed by atoms with Crippen molar-refractivity contribution in [1.29, 1.82) is 0 Å². The Morgan fingerprint density at radius 1 is 1.19 bits per heavy atom. The fraction of sp³-hybridized carbons (Fsp3) is 0.609. The van der Waals surface area contributed by atoms with Gasteiger partial charge in [0.2, 0.25) is 5.78 Å². The highest BCUT2D eigenvalue weighted by molar-refractivity contribution is 6.19. The molecule has 0 aromatic rings. The highest BCUT2D eigenvalue weighted by Crippen LogP contribution is 2.62. The SMILES string of the molecule is CC(=O)OC1=C(C[C@]2(C)[C@@H](C)CC[C@]3(C)C(C)=CCC[C@@H]23)C(=O)C=CC1=O. The van der Waals surface area contributed by atoms with Crippen molar-refractivity contribution in [2.75, 3.05) is 0 Å². The van der Waals surface area contributed by atoms with Gasteiger partial charge in [-0.1, -0.05) is 32.4 Å². The molecule has 27 heavy (non-hydrogen) atoms. The normalized spacial score (nSPS) is 36.4. The standard InChI is InChI=1S/C23H30O4/c1-14-7-6-8-20-22(14,4)12-11-15(2)23(20,5)13-17-18(25)9-10-19(26)21(17)27-16(3)24/h7,9-10,15,20H,6,8,11-13H2,1-5H3/t15-,20+,22+,23+/m0/s1. The van der Waals surface area contributed by atoms with Crippen LogP contribution in [0.2, 0.25) is 0 Å². The van der Waals surface area contributed by atoms with E-state index in [0.717, 1.165) is 25.7 Å². The van der Waals surface area contributed by atoms with Crippen molar-refractivity contribution in [1.82, 2.24) is 0 Å². The van der Waals surface area contributed by atoms with Crippen molar-refractivity contribution >= 4 is 17.5 Å². The van der Waals surface area contributed by atoms with Crippen LogP contribution in [0.25, 0.3) is 0 Å². The molecule has 3 aliphatic rings. The van der Waals surface area contributed by atoms with E-state index in [2.05, 4.69) is 33.8 Å². The summed E-state index contributed by atoms with van der Waals surface area (Å²) in [7, 11) is 0. The van der Waals surface area contributed by atoms with Gasteiger partial charge in [0.1, 0.15) is 0 Å². The van der Waals surface area contributed by atoms with Gasteiger partial charge in [-0.15, -0.1) is 0 Å². The zero-order valence-electron chi connectivity index (χ0n) is 17.1.